The van der Waals surface area contributed by atoms with Crippen LogP contribution < -0.4 is 0 Å². The first-order chi connectivity index (χ1) is 35.2. The molecule has 0 aromatic rings. The van der Waals surface area contributed by atoms with E-state index in [1.165, 1.54) is 12.5 Å². The topological polar surface area (TPSA) is 354 Å². The van der Waals surface area contributed by atoms with E-state index in [4.69, 9.17) is 37.9 Å². The summed E-state index contributed by atoms with van der Waals surface area (Å²) < 4.78 is 49.0. The average molecular weight is 1080 g/mol. The van der Waals surface area contributed by atoms with Gasteiger partial charge in [0.25, 0.3) is 0 Å². The van der Waals surface area contributed by atoms with Gasteiger partial charge >= 0.3 is 0 Å². The number of allylic oxidation sites excluding steroid dienone is 2. The lowest BCUT2D eigenvalue weighted by Crippen LogP contribution is -2.68. The minimum absolute atomic E-state index is 0.0912. The fourth-order valence-electron chi connectivity index (χ4n) is 16.3. The molecule has 0 bridgehead atoms. The van der Waals surface area contributed by atoms with Crippen molar-refractivity contribution in [3.8, 4) is 0 Å². The highest BCUT2D eigenvalue weighted by Crippen LogP contribution is 2.76. The normalized spacial score (nSPS) is 55.9. The summed E-state index contributed by atoms with van der Waals surface area (Å²) in [6, 6.07) is 0. The lowest BCUT2D eigenvalue weighted by Gasteiger charge is -2.72. The van der Waals surface area contributed by atoms with Crippen LogP contribution in [-0.2, 0) is 42.7 Å². The van der Waals surface area contributed by atoms with Gasteiger partial charge in [0, 0.05) is 10.8 Å². The summed E-state index contributed by atoms with van der Waals surface area (Å²) in [4.78, 5) is 12.5. The van der Waals surface area contributed by atoms with Crippen molar-refractivity contribution in [2.45, 2.75) is 235 Å². The molecule has 5 aliphatic carbocycles. The Labute approximate surface area is 437 Å². The second kappa shape index (κ2) is 21.2. The van der Waals surface area contributed by atoms with Crippen molar-refractivity contribution in [1.29, 1.82) is 0 Å². The lowest BCUT2D eigenvalue weighted by atomic mass is 9.33. The highest BCUT2D eigenvalue weighted by Gasteiger charge is 2.70. The van der Waals surface area contributed by atoms with Crippen LogP contribution in [0.5, 0.6) is 0 Å². The highest BCUT2D eigenvalue weighted by atomic mass is 16.8. The molecular weight excluding hydrogens is 989 g/mol. The average Bonchev–Trinajstić information content (AvgIpc) is 3.37. The van der Waals surface area contributed by atoms with E-state index in [1.807, 2.05) is 6.92 Å². The van der Waals surface area contributed by atoms with E-state index in [-0.39, 0.29) is 35.2 Å². The van der Waals surface area contributed by atoms with Crippen molar-refractivity contribution >= 4 is 6.29 Å². The molecule has 9 rings (SSSR count). The summed E-state index contributed by atoms with van der Waals surface area (Å²) in [5.74, 6) is 0.141. The summed E-state index contributed by atoms with van der Waals surface area (Å²) in [5, 5.41) is 142. The van der Waals surface area contributed by atoms with E-state index in [0.717, 1.165) is 32.0 Å². The number of carbonyl (C=O) groups is 1. The number of aldehydes is 1. The van der Waals surface area contributed by atoms with Crippen LogP contribution in [0.4, 0.5) is 0 Å². The van der Waals surface area contributed by atoms with Crippen molar-refractivity contribution in [2.75, 3.05) is 26.4 Å². The summed E-state index contributed by atoms with van der Waals surface area (Å²) in [7, 11) is 0. The molecule has 430 valence electrons. The molecule has 9 aliphatic rings. The third-order valence-corrected chi connectivity index (χ3v) is 21.3. The van der Waals surface area contributed by atoms with Gasteiger partial charge < -0.3 is 109 Å². The first-order valence-corrected chi connectivity index (χ1v) is 27.2. The van der Waals surface area contributed by atoms with Gasteiger partial charge in [-0.25, -0.2) is 0 Å². The predicted molar refractivity (Wildman–Crippen MR) is 257 cm³/mol. The zero-order chi connectivity index (χ0) is 54.7. The molecule has 4 aliphatic heterocycles. The van der Waals surface area contributed by atoms with Crippen molar-refractivity contribution in [2.24, 2.45) is 50.2 Å². The highest BCUT2D eigenvalue weighted by molar-refractivity contribution is 5.59. The van der Waals surface area contributed by atoms with Crippen molar-refractivity contribution in [1.82, 2.24) is 0 Å². The Kier molecular flexibility index (Phi) is 16.4. The van der Waals surface area contributed by atoms with Gasteiger partial charge in [-0.1, -0.05) is 53.2 Å². The van der Waals surface area contributed by atoms with Crippen LogP contribution >= 0.6 is 0 Å². The SMILES string of the molecule is CC1OC(OC2C(OC3COC(OC4CCC5(C)C(CCC6(C)C5CC=C5C7CC(C)(C=O)CCC7(CO)C(O)CC56C)C4(C)C)C(OC4OC(CO)C(O)C(O)C4O)C3O)OC(CO)C(O)C2O)C(O)C(O)C1O. The summed E-state index contributed by atoms with van der Waals surface area (Å²) in [5.41, 5.74) is -1.43. The van der Waals surface area contributed by atoms with Crippen molar-refractivity contribution < 1.29 is 109 Å². The van der Waals surface area contributed by atoms with Gasteiger partial charge in [-0.3, -0.25) is 0 Å². The van der Waals surface area contributed by atoms with Gasteiger partial charge in [0.2, 0.25) is 0 Å². The van der Waals surface area contributed by atoms with E-state index in [9.17, 15) is 71.2 Å². The minimum Gasteiger partial charge on any atom is -0.396 e. The molecule has 75 heavy (non-hydrogen) atoms. The molecule has 0 aromatic heterocycles. The third-order valence-electron chi connectivity index (χ3n) is 21.3. The Balaban J connectivity index is 0.974. The number of aliphatic hydroxyl groups excluding tert-OH is 13. The Hall–Kier alpha value is -1.43. The first kappa shape index (κ1) is 58.2. The van der Waals surface area contributed by atoms with Crippen LogP contribution in [0.25, 0.3) is 0 Å². The Morgan fingerprint density at radius 2 is 1.21 bits per heavy atom. The summed E-state index contributed by atoms with van der Waals surface area (Å²) in [6.45, 7) is 12.6. The number of hydrogen-bond acceptors (Lipinski definition) is 22. The van der Waals surface area contributed by atoms with Gasteiger partial charge in [-0.05, 0) is 104 Å². The maximum Gasteiger partial charge on any atom is 0.187 e. The molecule has 22 nitrogen and oxygen atoms in total. The number of hydrogen-bond donors (Lipinski definition) is 13. The second-order valence-corrected chi connectivity index (χ2v) is 25.6. The molecule has 4 heterocycles. The quantitative estimate of drug-likeness (QED) is 0.0586. The molecule has 0 amide bonds. The van der Waals surface area contributed by atoms with E-state index >= 15 is 0 Å². The first-order valence-electron chi connectivity index (χ1n) is 27.2. The number of rotatable bonds is 12. The fourth-order valence-corrected chi connectivity index (χ4v) is 16.3. The molecule has 8 fully saturated rings. The Morgan fingerprint density at radius 3 is 1.84 bits per heavy atom. The minimum atomic E-state index is -1.90. The Morgan fingerprint density at radius 1 is 0.613 bits per heavy atom. The zero-order valence-corrected chi connectivity index (χ0v) is 44.2. The summed E-state index contributed by atoms with van der Waals surface area (Å²) in [6.07, 6.45) is -23.1. The molecule has 4 saturated heterocycles. The van der Waals surface area contributed by atoms with E-state index in [2.05, 4.69) is 40.7 Å². The number of carbonyl (C=O) groups excluding carboxylic acids is 1. The lowest BCUT2D eigenvalue weighted by molar-refractivity contribution is -0.394. The fraction of sp³-hybridized carbons (Fsp3) is 0.943. The zero-order valence-electron chi connectivity index (χ0n) is 44.2. The third kappa shape index (κ3) is 9.35. The van der Waals surface area contributed by atoms with Crippen LogP contribution in [0.3, 0.4) is 0 Å². The van der Waals surface area contributed by atoms with Crippen LogP contribution in [0.2, 0.25) is 0 Å². The van der Waals surface area contributed by atoms with Gasteiger partial charge in [0.15, 0.2) is 25.2 Å². The molecule has 13 N–H and O–H groups in total. The van der Waals surface area contributed by atoms with Crippen LogP contribution in [0.15, 0.2) is 11.6 Å². The second-order valence-electron chi connectivity index (χ2n) is 25.6. The molecule has 0 spiro atoms. The smallest absolute Gasteiger partial charge is 0.187 e. The molecular formula is C53H86O22. The Bertz CT molecular complexity index is 2050. The summed E-state index contributed by atoms with van der Waals surface area (Å²) >= 11 is 0. The van der Waals surface area contributed by atoms with Crippen LogP contribution in [0, 0.1) is 50.2 Å². The molecule has 0 aromatic carbocycles. The number of ether oxygens (including phenoxy) is 8. The maximum atomic E-state index is 12.5. The molecule has 29 unspecified atom stereocenters. The van der Waals surface area contributed by atoms with E-state index in [1.54, 1.807) is 0 Å². The molecule has 0 radical (unpaired) electrons. The van der Waals surface area contributed by atoms with Crippen molar-refractivity contribution in [3.63, 3.8) is 0 Å². The number of aliphatic hydroxyl groups is 13. The van der Waals surface area contributed by atoms with Crippen molar-refractivity contribution in [3.05, 3.63) is 11.6 Å². The predicted octanol–water partition coefficient (Wildman–Crippen LogP) is -1.75. The van der Waals surface area contributed by atoms with Crippen LogP contribution in [-0.4, -0.2) is 228 Å². The van der Waals surface area contributed by atoms with Gasteiger partial charge in [-0.2, -0.15) is 0 Å². The van der Waals surface area contributed by atoms with Gasteiger partial charge in [-0.15, -0.1) is 0 Å². The van der Waals surface area contributed by atoms with Gasteiger partial charge in [0.05, 0.1) is 44.7 Å². The molecule has 22 heteroatoms. The standard InChI is InChI=1S/C53H86O22/c1-23-33(59)37(63)40(66)44(69-23)75-43-39(65)35(61)27(19-55)71-47(43)72-28-20-68-46(42(36(28)62)74-45-41(67)38(64)34(60)26(18-54)70-45)73-32-11-12-50(5)29(48(32,2)3)10-13-51(6)30(50)9-8-24-25-16-49(4,21-56)14-15-53(25,22-57)31(58)17-52(24,51)7/h8,21,23,25-47,54-55,57-67H,9-20,22H2,1-7H3. The maximum absolute atomic E-state index is 12.5. The molecule has 29 atom stereocenters. The monoisotopic (exact) mass is 1070 g/mol. The largest absolute Gasteiger partial charge is 0.396 e. The van der Waals surface area contributed by atoms with E-state index < -0.39 is 170 Å². The molecule has 4 saturated carbocycles. The van der Waals surface area contributed by atoms with E-state index in [0.29, 0.717) is 32.1 Å². The van der Waals surface area contributed by atoms with Crippen LogP contribution in [0.1, 0.15) is 106 Å². The number of fused-ring (bicyclic) bond motifs is 7. The van der Waals surface area contributed by atoms with Gasteiger partial charge in [0.1, 0.15) is 91.7 Å².